The van der Waals surface area contributed by atoms with Crippen LogP contribution in [0.1, 0.15) is 19.3 Å². The van der Waals surface area contributed by atoms with Crippen LogP contribution in [0.5, 0.6) is 0 Å². The molecule has 1 fully saturated rings. The average molecular weight is 279 g/mol. The number of nitrogens with two attached hydrogens (primary N) is 1. The number of nitrogen functional groups attached to an aromatic ring is 1. The van der Waals surface area contributed by atoms with E-state index in [9.17, 15) is 8.42 Å². The molecule has 1 aliphatic carbocycles. The van der Waals surface area contributed by atoms with Gasteiger partial charge in [0.15, 0.2) is 0 Å². The first-order valence-electron chi connectivity index (χ1n) is 6.42. The lowest BCUT2D eigenvalue weighted by molar-refractivity contribution is 0.316. The fourth-order valence-electron chi connectivity index (χ4n) is 2.34. The van der Waals surface area contributed by atoms with Gasteiger partial charge in [0.05, 0.1) is 0 Å². The third-order valence-corrected chi connectivity index (χ3v) is 5.21. The van der Waals surface area contributed by atoms with Gasteiger partial charge < -0.3 is 10.7 Å². The lowest BCUT2D eigenvalue weighted by Crippen LogP contribution is -2.32. The fourth-order valence-corrected chi connectivity index (χ4v) is 3.62. The maximum Gasteiger partial charge on any atom is 0.242 e. The smallest absolute Gasteiger partial charge is 0.242 e. The second kappa shape index (κ2) is 4.54. The zero-order valence-electron chi connectivity index (χ0n) is 10.5. The van der Waals surface area contributed by atoms with E-state index in [0.717, 1.165) is 18.4 Å². The molecule has 1 aromatic heterocycles. The molecule has 4 N–H and O–H groups in total. The van der Waals surface area contributed by atoms with Crippen molar-refractivity contribution in [3.63, 3.8) is 0 Å². The Labute approximate surface area is 112 Å². The molecular formula is C13H17N3O2S. The molecule has 6 heteroatoms. The van der Waals surface area contributed by atoms with Crippen molar-refractivity contribution in [2.24, 2.45) is 5.92 Å². The molecule has 1 heterocycles. The molecule has 0 aliphatic heterocycles. The van der Waals surface area contributed by atoms with Crippen molar-refractivity contribution >= 4 is 26.6 Å². The van der Waals surface area contributed by atoms with Crippen LogP contribution in [0.15, 0.2) is 29.3 Å². The van der Waals surface area contributed by atoms with Crippen molar-refractivity contribution in [1.82, 2.24) is 9.71 Å². The van der Waals surface area contributed by atoms with Gasteiger partial charge in [-0.15, -0.1) is 0 Å². The van der Waals surface area contributed by atoms with E-state index in [-0.39, 0.29) is 4.90 Å². The van der Waals surface area contributed by atoms with Crippen LogP contribution < -0.4 is 10.5 Å². The zero-order chi connectivity index (χ0) is 13.5. The number of aromatic amines is 1. The molecule has 19 heavy (non-hydrogen) atoms. The predicted molar refractivity (Wildman–Crippen MR) is 75.2 cm³/mol. The summed E-state index contributed by atoms with van der Waals surface area (Å²) in [6.07, 6.45) is 4.95. The van der Waals surface area contributed by atoms with Crippen LogP contribution in [0.2, 0.25) is 0 Å². The van der Waals surface area contributed by atoms with E-state index in [1.165, 1.54) is 12.6 Å². The van der Waals surface area contributed by atoms with Gasteiger partial charge in [-0.05, 0) is 37.0 Å². The SMILES string of the molecule is Nc1ccc2[nH]cc(S(=O)(=O)NCC3CCC3)c2c1. The monoisotopic (exact) mass is 279 g/mol. The Bertz CT molecular complexity index is 702. The van der Waals surface area contributed by atoms with Gasteiger partial charge >= 0.3 is 0 Å². The molecule has 0 radical (unpaired) electrons. The summed E-state index contributed by atoms with van der Waals surface area (Å²) >= 11 is 0. The van der Waals surface area contributed by atoms with Crippen LogP contribution in [-0.4, -0.2) is 19.9 Å². The van der Waals surface area contributed by atoms with E-state index in [0.29, 0.717) is 23.5 Å². The number of hydrogen-bond acceptors (Lipinski definition) is 3. The predicted octanol–water partition coefficient (Wildman–Crippen LogP) is 1.83. The van der Waals surface area contributed by atoms with Gasteiger partial charge in [-0.3, -0.25) is 0 Å². The minimum Gasteiger partial charge on any atom is -0.399 e. The third-order valence-electron chi connectivity index (χ3n) is 3.74. The molecule has 5 nitrogen and oxygen atoms in total. The Morgan fingerprint density at radius 2 is 2.16 bits per heavy atom. The van der Waals surface area contributed by atoms with Gasteiger partial charge in [0, 0.05) is 29.3 Å². The van der Waals surface area contributed by atoms with Crippen molar-refractivity contribution in [2.75, 3.05) is 12.3 Å². The summed E-state index contributed by atoms with van der Waals surface area (Å²) in [5, 5.41) is 0.640. The number of rotatable bonds is 4. The number of anilines is 1. The molecule has 0 saturated heterocycles. The van der Waals surface area contributed by atoms with Crippen molar-refractivity contribution in [3.05, 3.63) is 24.4 Å². The number of fused-ring (bicyclic) bond motifs is 1. The van der Waals surface area contributed by atoms with E-state index in [1.807, 2.05) is 0 Å². The number of benzene rings is 1. The summed E-state index contributed by atoms with van der Waals surface area (Å²) in [4.78, 5) is 3.23. The highest BCUT2D eigenvalue weighted by atomic mass is 32.2. The van der Waals surface area contributed by atoms with Crippen molar-refractivity contribution < 1.29 is 8.42 Å². The lowest BCUT2D eigenvalue weighted by Gasteiger charge is -2.25. The molecule has 0 spiro atoms. The second-order valence-electron chi connectivity index (χ2n) is 5.11. The van der Waals surface area contributed by atoms with Crippen molar-refractivity contribution in [3.8, 4) is 0 Å². The van der Waals surface area contributed by atoms with Gasteiger partial charge in [-0.1, -0.05) is 6.42 Å². The van der Waals surface area contributed by atoms with E-state index in [1.54, 1.807) is 18.2 Å². The number of hydrogen-bond donors (Lipinski definition) is 3. The highest BCUT2D eigenvalue weighted by Crippen LogP contribution is 2.27. The number of sulfonamides is 1. The van der Waals surface area contributed by atoms with Gasteiger partial charge in [0.1, 0.15) is 4.90 Å². The lowest BCUT2D eigenvalue weighted by atomic mass is 9.86. The Balaban J connectivity index is 1.91. The minimum atomic E-state index is -3.47. The zero-order valence-corrected chi connectivity index (χ0v) is 11.3. The molecule has 1 aromatic carbocycles. The van der Waals surface area contributed by atoms with Crippen molar-refractivity contribution in [2.45, 2.75) is 24.2 Å². The molecule has 0 unspecified atom stereocenters. The summed E-state index contributed by atoms with van der Waals surface area (Å²) in [5.74, 6) is 0.491. The molecule has 1 saturated carbocycles. The summed E-state index contributed by atoms with van der Waals surface area (Å²) in [6, 6.07) is 5.22. The molecule has 1 aliphatic rings. The number of H-pyrrole nitrogens is 1. The molecule has 102 valence electrons. The molecule has 3 rings (SSSR count). The standard InChI is InChI=1S/C13H17N3O2S/c14-10-4-5-12-11(6-10)13(8-15-12)19(17,18)16-7-9-2-1-3-9/h4-6,8-9,15-16H,1-3,7,14H2. The Kier molecular flexibility index (Phi) is 2.99. The Morgan fingerprint density at radius 3 is 2.84 bits per heavy atom. The van der Waals surface area contributed by atoms with Crippen LogP contribution in [0, 0.1) is 5.92 Å². The van der Waals surface area contributed by atoms with E-state index in [2.05, 4.69) is 9.71 Å². The van der Waals surface area contributed by atoms with E-state index in [4.69, 9.17) is 5.73 Å². The second-order valence-corrected chi connectivity index (χ2v) is 6.84. The number of nitrogens with one attached hydrogen (secondary N) is 2. The average Bonchev–Trinajstić information content (AvgIpc) is 2.70. The normalized spacial score (nSPS) is 16.6. The first-order chi connectivity index (χ1) is 9.06. The highest BCUT2D eigenvalue weighted by Gasteiger charge is 2.23. The molecule has 0 atom stereocenters. The van der Waals surface area contributed by atoms with Gasteiger partial charge in [-0.2, -0.15) is 0 Å². The maximum absolute atomic E-state index is 12.3. The summed E-state index contributed by atoms with van der Waals surface area (Å²) < 4.78 is 27.3. The first-order valence-corrected chi connectivity index (χ1v) is 7.91. The molecule has 0 bridgehead atoms. The largest absolute Gasteiger partial charge is 0.399 e. The van der Waals surface area contributed by atoms with E-state index >= 15 is 0 Å². The first kappa shape index (κ1) is 12.5. The third kappa shape index (κ3) is 2.33. The maximum atomic E-state index is 12.3. The summed E-state index contributed by atoms with van der Waals surface area (Å²) in [5.41, 5.74) is 7.05. The van der Waals surface area contributed by atoms with Crippen LogP contribution in [0.3, 0.4) is 0 Å². The fraction of sp³-hybridized carbons (Fsp3) is 0.385. The number of aromatic nitrogens is 1. The summed E-state index contributed by atoms with van der Waals surface area (Å²) in [7, 11) is -3.47. The minimum absolute atomic E-state index is 0.272. The molecular weight excluding hydrogens is 262 g/mol. The quantitative estimate of drug-likeness (QED) is 0.746. The van der Waals surface area contributed by atoms with Gasteiger partial charge in [-0.25, -0.2) is 13.1 Å². The van der Waals surface area contributed by atoms with Gasteiger partial charge in [0.25, 0.3) is 0 Å². The van der Waals surface area contributed by atoms with Gasteiger partial charge in [0.2, 0.25) is 10.0 Å². The van der Waals surface area contributed by atoms with E-state index < -0.39 is 10.0 Å². The van der Waals surface area contributed by atoms with Crippen LogP contribution >= 0.6 is 0 Å². The Morgan fingerprint density at radius 1 is 1.37 bits per heavy atom. The molecule has 0 amide bonds. The summed E-state index contributed by atoms with van der Waals surface area (Å²) in [6.45, 7) is 0.525. The van der Waals surface area contributed by atoms with Crippen LogP contribution in [0.4, 0.5) is 5.69 Å². The van der Waals surface area contributed by atoms with Crippen molar-refractivity contribution in [1.29, 1.82) is 0 Å². The van der Waals surface area contributed by atoms with Crippen LogP contribution in [-0.2, 0) is 10.0 Å². The topological polar surface area (TPSA) is 88.0 Å². The van der Waals surface area contributed by atoms with Crippen LogP contribution in [0.25, 0.3) is 10.9 Å². The Hall–Kier alpha value is -1.53. The highest BCUT2D eigenvalue weighted by molar-refractivity contribution is 7.89. The molecule has 2 aromatic rings.